The number of nitrogens with zero attached hydrogens (tertiary/aromatic N) is 1. The Morgan fingerprint density at radius 1 is 1.30 bits per heavy atom. The van der Waals surface area contributed by atoms with E-state index in [0.29, 0.717) is 18.0 Å². The van der Waals surface area contributed by atoms with Gasteiger partial charge in [-0.25, -0.2) is 4.39 Å². The molecule has 0 fully saturated rings. The van der Waals surface area contributed by atoms with E-state index in [1.54, 1.807) is 18.2 Å². The zero-order valence-corrected chi connectivity index (χ0v) is 10.9. The second-order valence-electron chi connectivity index (χ2n) is 4.17. The molecule has 0 heterocycles. The molecule has 2 aromatic rings. The first-order valence-electron chi connectivity index (χ1n) is 5.93. The maximum Gasteiger partial charge on any atom is 0.160 e. The van der Waals surface area contributed by atoms with Crippen molar-refractivity contribution in [1.82, 2.24) is 0 Å². The Labute approximate surface area is 116 Å². The highest BCUT2D eigenvalue weighted by Gasteiger charge is 2.05. The van der Waals surface area contributed by atoms with Crippen LogP contribution < -0.4 is 10.1 Å². The Hall–Kier alpha value is -2.74. The Kier molecular flexibility index (Phi) is 4.06. The number of nitriles is 1. The summed E-state index contributed by atoms with van der Waals surface area (Å²) >= 11 is 0. The van der Waals surface area contributed by atoms with Gasteiger partial charge in [0, 0.05) is 6.54 Å². The van der Waals surface area contributed by atoms with E-state index in [9.17, 15) is 9.50 Å². The number of hydrogen-bond donors (Lipinski definition) is 2. The summed E-state index contributed by atoms with van der Waals surface area (Å²) in [5.74, 6) is -0.0554. The summed E-state index contributed by atoms with van der Waals surface area (Å²) in [5, 5.41) is 21.1. The molecule has 0 aromatic heterocycles. The Morgan fingerprint density at radius 3 is 2.75 bits per heavy atom. The lowest BCUT2D eigenvalue weighted by Crippen LogP contribution is -2.02. The van der Waals surface area contributed by atoms with Crippen molar-refractivity contribution in [2.75, 3.05) is 12.4 Å². The number of aromatic hydroxyl groups is 1. The van der Waals surface area contributed by atoms with Gasteiger partial charge in [0.1, 0.15) is 5.82 Å². The summed E-state index contributed by atoms with van der Waals surface area (Å²) in [7, 11) is 1.46. The molecule has 2 rings (SSSR count). The lowest BCUT2D eigenvalue weighted by atomic mass is 10.1. The summed E-state index contributed by atoms with van der Waals surface area (Å²) in [4.78, 5) is 0. The average Bonchev–Trinajstić information content (AvgIpc) is 2.47. The molecule has 0 aliphatic rings. The summed E-state index contributed by atoms with van der Waals surface area (Å²) in [5.41, 5.74) is 1.43. The van der Waals surface area contributed by atoms with E-state index in [-0.39, 0.29) is 11.3 Å². The number of methoxy groups -OCH3 is 1. The molecule has 0 unspecified atom stereocenters. The van der Waals surface area contributed by atoms with Crippen LogP contribution in [0.15, 0.2) is 36.4 Å². The maximum atomic E-state index is 13.7. The van der Waals surface area contributed by atoms with Crippen molar-refractivity contribution in [3.05, 3.63) is 53.3 Å². The second-order valence-corrected chi connectivity index (χ2v) is 4.17. The Morgan fingerprint density at radius 2 is 2.10 bits per heavy atom. The molecule has 20 heavy (non-hydrogen) atoms. The van der Waals surface area contributed by atoms with Crippen LogP contribution >= 0.6 is 0 Å². The monoisotopic (exact) mass is 272 g/mol. The third kappa shape index (κ3) is 2.98. The van der Waals surface area contributed by atoms with E-state index in [1.165, 1.54) is 25.3 Å². The molecule has 0 aliphatic heterocycles. The van der Waals surface area contributed by atoms with Gasteiger partial charge in [-0.05, 0) is 35.9 Å². The van der Waals surface area contributed by atoms with Gasteiger partial charge in [-0.3, -0.25) is 0 Å². The number of rotatable bonds is 4. The first-order chi connectivity index (χ1) is 9.63. The number of anilines is 1. The number of hydrogen-bond acceptors (Lipinski definition) is 4. The van der Waals surface area contributed by atoms with Crippen LogP contribution in [0.5, 0.6) is 11.5 Å². The molecule has 0 spiro atoms. The van der Waals surface area contributed by atoms with Crippen LogP contribution in [0.25, 0.3) is 0 Å². The van der Waals surface area contributed by atoms with Crippen LogP contribution in [0, 0.1) is 17.1 Å². The molecule has 0 amide bonds. The minimum atomic E-state index is -0.477. The molecule has 2 aromatic carbocycles. The second kappa shape index (κ2) is 5.93. The highest BCUT2D eigenvalue weighted by molar-refractivity contribution is 5.50. The van der Waals surface area contributed by atoms with Gasteiger partial charge in [0.15, 0.2) is 11.5 Å². The lowest BCUT2D eigenvalue weighted by molar-refractivity contribution is 0.373. The number of phenols is 1. The minimum Gasteiger partial charge on any atom is -0.504 e. The van der Waals surface area contributed by atoms with Gasteiger partial charge in [-0.1, -0.05) is 6.07 Å². The van der Waals surface area contributed by atoms with Crippen molar-refractivity contribution in [1.29, 1.82) is 5.26 Å². The standard InChI is InChI=1S/C15H13FN2O2/c1-20-15-7-11(3-5-14(15)19)9-18-13-4-2-10(8-17)6-12(13)16/h2-7,18-19H,9H2,1H3. The fraction of sp³-hybridized carbons (Fsp3) is 0.133. The summed E-state index contributed by atoms with van der Waals surface area (Å²) < 4.78 is 18.7. The van der Waals surface area contributed by atoms with Gasteiger partial charge >= 0.3 is 0 Å². The molecule has 0 atom stereocenters. The topological polar surface area (TPSA) is 65.3 Å². The van der Waals surface area contributed by atoms with Crippen LogP contribution in [-0.4, -0.2) is 12.2 Å². The molecule has 0 bridgehead atoms. The Bertz CT molecular complexity index is 665. The van der Waals surface area contributed by atoms with Crippen LogP contribution in [-0.2, 0) is 6.54 Å². The molecular formula is C15H13FN2O2. The third-order valence-corrected chi connectivity index (χ3v) is 2.83. The van der Waals surface area contributed by atoms with E-state index in [1.807, 2.05) is 6.07 Å². The summed E-state index contributed by atoms with van der Waals surface area (Å²) in [6.07, 6.45) is 0. The molecule has 0 saturated heterocycles. The van der Waals surface area contributed by atoms with Crippen LogP contribution in [0.4, 0.5) is 10.1 Å². The van der Waals surface area contributed by atoms with E-state index < -0.39 is 5.82 Å². The highest BCUT2D eigenvalue weighted by atomic mass is 19.1. The van der Waals surface area contributed by atoms with Crippen molar-refractivity contribution < 1.29 is 14.2 Å². The largest absolute Gasteiger partial charge is 0.504 e. The first kappa shape index (κ1) is 13.7. The smallest absolute Gasteiger partial charge is 0.160 e. The van der Waals surface area contributed by atoms with Gasteiger partial charge in [0.25, 0.3) is 0 Å². The summed E-state index contributed by atoms with van der Waals surface area (Å²) in [6.45, 7) is 0.374. The maximum absolute atomic E-state index is 13.7. The van der Waals surface area contributed by atoms with Gasteiger partial charge in [0.05, 0.1) is 24.4 Å². The Balaban J connectivity index is 2.11. The molecule has 0 radical (unpaired) electrons. The van der Waals surface area contributed by atoms with Crippen LogP contribution in [0.2, 0.25) is 0 Å². The van der Waals surface area contributed by atoms with Crippen molar-refractivity contribution in [2.45, 2.75) is 6.54 Å². The molecule has 2 N–H and O–H groups in total. The number of benzene rings is 2. The fourth-order valence-electron chi connectivity index (χ4n) is 1.76. The van der Waals surface area contributed by atoms with Crippen LogP contribution in [0.1, 0.15) is 11.1 Å². The van der Waals surface area contributed by atoms with Gasteiger partial charge in [-0.2, -0.15) is 5.26 Å². The molecule has 0 aliphatic carbocycles. The quantitative estimate of drug-likeness (QED) is 0.898. The van der Waals surface area contributed by atoms with E-state index in [4.69, 9.17) is 10.00 Å². The molecule has 5 heteroatoms. The first-order valence-corrected chi connectivity index (χ1v) is 5.93. The zero-order valence-electron chi connectivity index (χ0n) is 10.9. The zero-order chi connectivity index (χ0) is 14.5. The molecule has 4 nitrogen and oxygen atoms in total. The van der Waals surface area contributed by atoms with E-state index >= 15 is 0 Å². The van der Waals surface area contributed by atoms with Crippen LogP contribution in [0.3, 0.4) is 0 Å². The minimum absolute atomic E-state index is 0.0563. The number of halogens is 1. The number of phenolic OH excluding ortho intramolecular Hbond substituents is 1. The van der Waals surface area contributed by atoms with Crippen molar-refractivity contribution in [2.24, 2.45) is 0 Å². The van der Waals surface area contributed by atoms with Gasteiger partial charge in [-0.15, -0.1) is 0 Å². The third-order valence-electron chi connectivity index (χ3n) is 2.83. The predicted molar refractivity (Wildman–Crippen MR) is 73.1 cm³/mol. The highest BCUT2D eigenvalue weighted by Crippen LogP contribution is 2.26. The van der Waals surface area contributed by atoms with Crippen molar-refractivity contribution in [3.63, 3.8) is 0 Å². The fourth-order valence-corrected chi connectivity index (χ4v) is 1.76. The normalized spacial score (nSPS) is 9.85. The molecular weight excluding hydrogens is 259 g/mol. The SMILES string of the molecule is COc1cc(CNc2ccc(C#N)cc2F)ccc1O. The summed E-state index contributed by atoms with van der Waals surface area (Å²) in [6, 6.07) is 11.0. The number of ether oxygens (including phenoxy) is 1. The van der Waals surface area contributed by atoms with Crippen molar-refractivity contribution in [3.8, 4) is 17.6 Å². The molecule has 102 valence electrons. The predicted octanol–water partition coefficient (Wildman–Crippen LogP) is 3.02. The lowest BCUT2D eigenvalue weighted by Gasteiger charge is -2.10. The van der Waals surface area contributed by atoms with Gasteiger partial charge < -0.3 is 15.2 Å². The van der Waals surface area contributed by atoms with E-state index in [0.717, 1.165) is 5.56 Å². The van der Waals surface area contributed by atoms with Gasteiger partial charge in [0.2, 0.25) is 0 Å². The van der Waals surface area contributed by atoms with E-state index in [2.05, 4.69) is 5.32 Å². The average molecular weight is 272 g/mol. The van der Waals surface area contributed by atoms with Crippen molar-refractivity contribution >= 4 is 5.69 Å². The number of nitrogens with one attached hydrogen (secondary N) is 1. The molecule has 0 saturated carbocycles.